The van der Waals surface area contributed by atoms with Crippen LogP contribution in [-0.2, 0) is 14.8 Å². The first kappa shape index (κ1) is 15.3. The fraction of sp³-hybridized carbons (Fsp3) is 0.500. The summed E-state index contributed by atoms with van der Waals surface area (Å²) in [6.07, 6.45) is -0.719. The zero-order chi connectivity index (χ0) is 15.1. The molecule has 20 heavy (non-hydrogen) atoms. The van der Waals surface area contributed by atoms with Gasteiger partial charge in [0.2, 0.25) is 10.0 Å². The standard InChI is InChI=1S/C12H14F3NO3S/c1-7-5-16(6-8(2)19-7)20(17,18)10-4-3-9(13)11(14)12(10)15/h3-4,7-8H,5-6H2,1-2H3/t7-,8-/m1/s1. The first-order valence-electron chi connectivity index (χ1n) is 6.02. The molecule has 4 nitrogen and oxygen atoms in total. The molecule has 0 saturated carbocycles. The van der Waals surface area contributed by atoms with Crippen molar-refractivity contribution in [2.45, 2.75) is 31.0 Å². The average Bonchev–Trinajstić information content (AvgIpc) is 2.34. The van der Waals surface area contributed by atoms with Crippen LogP contribution in [0.2, 0.25) is 0 Å². The number of ether oxygens (including phenoxy) is 1. The van der Waals surface area contributed by atoms with Crippen LogP contribution in [0.3, 0.4) is 0 Å². The number of sulfonamides is 1. The van der Waals surface area contributed by atoms with Gasteiger partial charge in [-0.2, -0.15) is 4.31 Å². The second kappa shape index (κ2) is 5.34. The van der Waals surface area contributed by atoms with Crippen molar-refractivity contribution < 1.29 is 26.3 Å². The maximum absolute atomic E-state index is 13.7. The molecule has 1 fully saturated rings. The van der Waals surface area contributed by atoms with Crippen LogP contribution >= 0.6 is 0 Å². The van der Waals surface area contributed by atoms with Gasteiger partial charge in [-0.15, -0.1) is 0 Å². The van der Waals surface area contributed by atoms with Crippen LogP contribution in [0.4, 0.5) is 13.2 Å². The van der Waals surface area contributed by atoms with E-state index in [4.69, 9.17) is 4.74 Å². The third kappa shape index (κ3) is 2.68. The maximum Gasteiger partial charge on any atom is 0.246 e. The molecule has 1 aliphatic heterocycles. The monoisotopic (exact) mass is 309 g/mol. The summed E-state index contributed by atoms with van der Waals surface area (Å²) in [6.45, 7) is 3.43. The summed E-state index contributed by atoms with van der Waals surface area (Å²) in [5.41, 5.74) is 0. The van der Waals surface area contributed by atoms with Gasteiger partial charge in [-0.05, 0) is 26.0 Å². The van der Waals surface area contributed by atoms with Crippen molar-refractivity contribution in [3.05, 3.63) is 29.6 Å². The van der Waals surface area contributed by atoms with Crippen molar-refractivity contribution in [3.63, 3.8) is 0 Å². The highest BCUT2D eigenvalue weighted by molar-refractivity contribution is 7.89. The molecule has 2 rings (SSSR count). The Balaban J connectivity index is 2.43. The van der Waals surface area contributed by atoms with E-state index in [0.29, 0.717) is 6.07 Å². The highest BCUT2D eigenvalue weighted by Crippen LogP contribution is 2.25. The SMILES string of the molecule is C[C@@H]1CN(S(=O)(=O)c2ccc(F)c(F)c2F)C[C@@H](C)O1. The van der Waals surface area contributed by atoms with E-state index in [9.17, 15) is 21.6 Å². The molecule has 112 valence electrons. The molecular weight excluding hydrogens is 295 g/mol. The van der Waals surface area contributed by atoms with Gasteiger partial charge in [-0.25, -0.2) is 21.6 Å². The Morgan fingerprint density at radius 3 is 2.20 bits per heavy atom. The van der Waals surface area contributed by atoms with Crippen LogP contribution < -0.4 is 0 Å². The van der Waals surface area contributed by atoms with Crippen molar-refractivity contribution >= 4 is 10.0 Å². The molecule has 0 N–H and O–H groups in total. The molecule has 2 atom stereocenters. The molecule has 0 bridgehead atoms. The van der Waals surface area contributed by atoms with E-state index in [1.54, 1.807) is 13.8 Å². The Hall–Kier alpha value is -1.12. The van der Waals surface area contributed by atoms with Crippen molar-refractivity contribution in [2.75, 3.05) is 13.1 Å². The molecule has 1 aromatic rings. The summed E-state index contributed by atoms with van der Waals surface area (Å²) in [4.78, 5) is -0.863. The molecule has 1 aliphatic rings. The third-order valence-electron chi connectivity index (χ3n) is 3.00. The second-order valence-corrected chi connectivity index (χ2v) is 6.66. The highest BCUT2D eigenvalue weighted by Gasteiger charge is 2.35. The lowest BCUT2D eigenvalue weighted by Crippen LogP contribution is -2.48. The minimum Gasteiger partial charge on any atom is -0.373 e. The Morgan fingerprint density at radius 1 is 1.10 bits per heavy atom. The number of hydrogen-bond donors (Lipinski definition) is 0. The maximum atomic E-state index is 13.7. The van der Waals surface area contributed by atoms with Crippen molar-refractivity contribution in [3.8, 4) is 0 Å². The van der Waals surface area contributed by atoms with Crippen LogP contribution in [-0.4, -0.2) is 38.0 Å². The summed E-state index contributed by atoms with van der Waals surface area (Å²) >= 11 is 0. The van der Waals surface area contributed by atoms with Gasteiger partial charge in [-0.1, -0.05) is 0 Å². The van der Waals surface area contributed by atoms with Gasteiger partial charge in [0.05, 0.1) is 12.2 Å². The predicted octanol–water partition coefficient (Wildman–Crippen LogP) is 1.90. The van der Waals surface area contributed by atoms with Gasteiger partial charge in [-0.3, -0.25) is 0 Å². The van der Waals surface area contributed by atoms with Gasteiger partial charge in [0.25, 0.3) is 0 Å². The fourth-order valence-electron chi connectivity index (χ4n) is 2.17. The molecule has 1 heterocycles. The first-order chi connectivity index (χ1) is 9.23. The Morgan fingerprint density at radius 2 is 1.65 bits per heavy atom. The second-order valence-electron chi connectivity index (χ2n) is 4.75. The van der Waals surface area contributed by atoms with Gasteiger partial charge in [0, 0.05) is 13.1 Å². The minimum atomic E-state index is -4.23. The van der Waals surface area contributed by atoms with Crippen LogP contribution in [0.15, 0.2) is 17.0 Å². The number of hydrogen-bond acceptors (Lipinski definition) is 3. The summed E-state index contributed by atoms with van der Waals surface area (Å²) < 4.78 is 70.7. The number of nitrogens with zero attached hydrogens (tertiary/aromatic N) is 1. The average molecular weight is 309 g/mol. The van der Waals surface area contributed by atoms with Crippen LogP contribution in [0.5, 0.6) is 0 Å². The molecular formula is C12H14F3NO3S. The Bertz CT molecular complexity index is 611. The van der Waals surface area contributed by atoms with E-state index in [-0.39, 0.29) is 25.3 Å². The summed E-state index contributed by atoms with van der Waals surface area (Å²) in [6, 6.07) is 1.33. The van der Waals surface area contributed by atoms with E-state index >= 15 is 0 Å². The normalized spacial score (nSPS) is 24.9. The van der Waals surface area contributed by atoms with Crippen LogP contribution in [0.25, 0.3) is 0 Å². The van der Waals surface area contributed by atoms with E-state index in [1.165, 1.54) is 0 Å². The zero-order valence-electron chi connectivity index (χ0n) is 10.9. The highest BCUT2D eigenvalue weighted by atomic mass is 32.2. The predicted molar refractivity (Wildman–Crippen MR) is 65.1 cm³/mol. The van der Waals surface area contributed by atoms with Crippen LogP contribution in [0, 0.1) is 17.5 Å². The third-order valence-corrected chi connectivity index (χ3v) is 4.85. The lowest BCUT2D eigenvalue weighted by molar-refractivity contribution is -0.0441. The summed E-state index contributed by atoms with van der Waals surface area (Å²) in [7, 11) is -4.23. The lowest BCUT2D eigenvalue weighted by atomic mass is 10.3. The first-order valence-corrected chi connectivity index (χ1v) is 7.46. The number of rotatable bonds is 2. The number of benzene rings is 1. The summed E-state index contributed by atoms with van der Waals surface area (Å²) in [5, 5.41) is 0. The molecule has 0 aromatic heterocycles. The minimum absolute atomic E-state index is 0.0328. The van der Waals surface area contributed by atoms with Gasteiger partial charge >= 0.3 is 0 Å². The van der Waals surface area contributed by atoms with E-state index in [0.717, 1.165) is 10.4 Å². The number of halogens is 3. The Labute approximate surface area is 115 Å². The van der Waals surface area contributed by atoms with E-state index in [2.05, 4.69) is 0 Å². The lowest BCUT2D eigenvalue weighted by Gasteiger charge is -2.34. The molecule has 0 spiro atoms. The topological polar surface area (TPSA) is 46.6 Å². The van der Waals surface area contributed by atoms with Gasteiger partial charge in [0.1, 0.15) is 4.90 Å². The summed E-state index contributed by atoms with van der Waals surface area (Å²) in [5.74, 6) is -4.91. The van der Waals surface area contributed by atoms with Crippen molar-refractivity contribution in [2.24, 2.45) is 0 Å². The smallest absolute Gasteiger partial charge is 0.246 e. The molecule has 0 unspecified atom stereocenters. The molecule has 1 aromatic carbocycles. The van der Waals surface area contributed by atoms with Crippen LogP contribution in [0.1, 0.15) is 13.8 Å². The quantitative estimate of drug-likeness (QED) is 0.784. The van der Waals surface area contributed by atoms with Crippen molar-refractivity contribution in [1.82, 2.24) is 4.31 Å². The molecule has 0 amide bonds. The Kier molecular flexibility index (Phi) is 4.08. The van der Waals surface area contributed by atoms with E-state index in [1.807, 2.05) is 0 Å². The zero-order valence-corrected chi connectivity index (χ0v) is 11.8. The van der Waals surface area contributed by atoms with Gasteiger partial charge in [0.15, 0.2) is 17.5 Å². The van der Waals surface area contributed by atoms with E-state index < -0.39 is 32.4 Å². The molecule has 0 radical (unpaired) electrons. The molecule has 8 heteroatoms. The fourth-order valence-corrected chi connectivity index (χ4v) is 3.82. The van der Waals surface area contributed by atoms with Crippen molar-refractivity contribution in [1.29, 1.82) is 0 Å². The van der Waals surface area contributed by atoms with Gasteiger partial charge < -0.3 is 4.74 Å². The number of morpholine rings is 1. The molecule has 1 saturated heterocycles. The largest absolute Gasteiger partial charge is 0.373 e. The molecule has 0 aliphatic carbocycles.